The number of guanidine groups is 1. The van der Waals surface area contributed by atoms with Gasteiger partial charge in [0.1, 0.15) is 5.82 Å². The number of benzene rings is 2. The molecule has 148 valence electrons. The van der Waals surface area contributed by atoms with Crippen molar-refractivity contribution in [2.45, 2.75) is 50.2 Å². The van der Waals surface area contributed by atoms with E-state index in [0.29, 0.717) is 24.0 Å². The SMILES string of the molecule is NC(=NC1CCN(Cc2ccccc2)CC1)NC1CC(c2ccc(F)cc2)C1. The number of rotatable bonds is 5. The topological polar surface area (TPSA) is 53.6 Å². The molecule has 1 aliphatic carbocycles. The summed E-state index contributed by atoms with van der Waals surface area (Å²) in [4.78, 5) is 7.21. The van der Waals surface area contributed by atoms with Crippen molar-refractivity contribution in [2.75, 3.05) is 13.1 Å². The van der Waals surface area contributed by atoms with Crippen LogP contribution < -0.4 is 11.1 Å². The second kappa shape index (κ2) is 8.74. The second-order valence-corrected chi connectivity index (χ2v) is 8.07. The van der Waals surface area contributed by atoms with Crippen molar-refractivity contribution in [1.29, 1.82) is 0 Å². The average Bonchev–Trinajstić information content (AvgIpc) is 2.68. The van der Waals surface area contributed by atoms with Crippen LogP contribution in [0.25, 0.3) is 0 Å². The van der Waals surface area contributed by atoms with Crippen molar-refractivity contribution in [3.05, 3.63) is 71.5 Å². The van der Waals surface area contributed by atoms with Crippen molar-refractivity contribution in [1.82, 2.24) is 10.2 Å². The van der Waals surface area contributed by atoms with Crippen LogP contribution in [0.15, 0.2) is 59.6 Å². The molecule has 0 unspecified atom stereocenters. The van der Waals surface area contributed by atoms with E-state index in [2.05, 4.69) is 40.5 Å². The summed E-state index contributed by atoms with van der Waals surface area (Å²) in [7, 11) is 0. The summed E-state index contributed by atoms with van der Waals surface area (Å²) >= 11 is 0. The molecule has 2 aromatic rings. The van der Waals surface area contributed by atoms with E-state index in [-0.39, 0.29) is 5.82 Å². The minimum absolute atomic E-state index is 0.177. The second-order valence-electron chi connectivity index (χ2n) is 8.07. The Bertz CT molecular complexity index is 776. The Kier molecular flexibility index (Phi) is 5.91. The maximum atomic E-state index is 13.0. The summed E-state index contributed by atoms with van der Waals surface area (Å²) in [5.74, 6) is 0.889. The molecule has 28 heavy (non-hydrogen) atoms. The van der Waals surface area contributed by atoms with Gasteiger partial charge in [-0.1, -0.05) is 42.5 Å². The molecule has 0 amide bonds. The van der Waals surface area contributed by atoms with Crippen LogP contribution in [0.5, 0.6) is 0 Å². The van der Waals surface area contributed by atoms with Gasteiger partial charge in [-0.15, -0.1) is 0 Å². The number of nitrogens with two attached hydrogens (primary N) is 1. The summed E-state index contributed by atoms with van der Waals surface area (Å²) in [6, 6.07) is 18.2. The minimum Gasteiger partial charge on any atom is -0.370 e. The fourth-order valence-electron chi connectivity index (χ4n) is 4.23. The molecule has 4 nitrogen and oxygen atoms in total. The van der Waals surface area contributed by atoms with Gasteiger partial charge < -0.3 is 11.1 Å². The molecule has 3 N–H and O–H groups in total. The molecule has 2 aliphatic rings. The Balaban J connectivity index is 1.19. The molecule has 1 heterocycles. The van der Waals surface area contributed by atoms with Crippen LogP contribution >= 0.6 is 0 Å². The van der Waals surface area contributed by atoms with Crippen LogP contribution in [0.2, 0.25) is 0 Å². The van der Waals surface area contributed by atoms with E-state index < -0.39 is 0 Å². The summed E-state index contributed by atoms with van der Waals surface area (Å²) in [5.41, 5.74) is 8.73. The monoisotopic (exact) mass is 380 g/mol. The molecule has 0 aromatic heterocycles. The predicted molar refractivity (Wildman–Crippen MR) is 112 cm³/mol. The Hall–Kier alpha value is -2.40. The lowest BCUT2D eigenvalue weighted by Crippen LogP contribution is -2.47. The van der Waals surface area contributed by atoms with Crippen molar-refractivity contribution < 1.29 is 4.39 Å². The highest BCUT2D eigenvalue weighted by atomic mass is 19.1. The zero-order chi connectivity index (χ0) is 19.3. The molecule has 2 fully saturated rings. The molecule has 4 rings (SSSR count). The molecule has 1 saturated carbocycles. The van der Waals surface area contributed by atoms with Crippen molar-refractivity contribution in [2.24, 2.45) is 10.7 Å². The van der Waals surface area contributed by atoms with Crippen LogP contribution in [-0.4, -0.2) is 36.0 Å². The molecule has 0 atom stereocenters. The van der Waals surface area contributed by atoms with Crippen LogP contribution in [0.4, 0.5) is 4.39 Å². The number of likely N-dealkylation sites (tertiary alicyclic amines) is 1. The maximum absolute atomic E-state index is 13.0. The highest BCUT2D eigenvalue weighted by Gasteiger charge is 2.30. The number of nitrogens with one attached hydrogen (secondary N) is 1. The molecule has 2 aromatic carbocycles. The van der Waals surface area contributed by atoms with Crippen LogP contribution in [-0.2, 0) is 6.54 Å². The van der Waals surface area contributed by atoms with E-state index in [0.717, 1.165) is 45.3 Å². The summed E-state index contributed by atoms with van der Waals surface area (Å²) in [6.07, 6.45) is 4.16. The van der Waals surface area contributed by atoms with Gasteiger partial charge in [0.2, 0.25) is 0 Å². The quantitative estimate of drug-likeness (QED) is 0.615. The molecule has 1 aliphatic heterocycles. The highest BCUT2D eigenvalue weighted by molar-refractivity contribution is 5.78. The third-order valence-corrected chi connectivity index (χ3v) is 5.96. The van der Waals surface area contributed by atoms with Gasteiger partial charge in [-0.25, -0.2) is 4.39 Å². The number of nitrogens with zero attached hydrogens (tertiary/aromatic N) is 2. The normalized spacial score (nSPS) is 24.0. The third kappa shape index (κ3) is 4.90. The van der Waals surface area contributed by atoms with Gasteiger partial charge in [0, 0.05) is 25.7 Å². The number of aliphatic imine (C=N–C) groups is 1. The fraction of sp³-hybridized carbons (Fsp3) is 0.435. The number of hydrogen-bond donors (Lipinski definition) is 2. The molecule has 0 spiro atoms. The molecule has 5 heteroatoms. The lowest BCUT2D eigenvalue weighted by molar-refractivity contribution is 0.206. The zero-order valence-electron chi connectivity index (χ0n) is 16.2. The number of piperidine rings is 1. The van der Waals surface area contributed by atoms with E-state index in [4.69, 9.17) is 10.7 Å². The van der Waals surface area contributed by atoms with E-state index in [1.54, 1.807) is 0 Å². The molecule has 1 saturated heterocycles. The van der Waals surface area contributed by atoms with E-state index >= 15 is 0 Å². The van der Waals surface area contributed by atoms with Gasteiger partial charge in [0.25, 0.3) is 0 Å². The summed E-state index contributed by atoms with van der Waals surface area (Å²) < 4.78 is 13.0. The first-order valence-corrected chi connectivity index (χ1v) is 10.3. The molecule has 0 radical (unpaired) electrons. The number of halogens is 1. The largest absolute Gasteiger partial charge is 0.370 e. The van der Waals surface area contributed by atoms with Crippen LogP contribution in [0.3, 0.4) is 0 Å². The Morgan fingerprint density at radius 3 is 2.39 bits per heavy atom. The average molecular weight is 381 g/mol. The highest BCUT2D eigenvalue weighted by Crippen LogP contribution is 2.36. The van der Waals surface area contributed by atoms with Gasteiger partial charge in [-0.3, -0.25) is 9.89 Å². The zero-order valence-corrected chi connectivity index (χ0v) is 16.2. The summed E-state index contributed by atoms with van der Waals surface area (Å²) in [5, 5.41) is 3.37. The lowest BCUT2D eigenvalue weighted by atomic mass is 9.76. The Morgan fingerprint density at radius 2 is 1.71 bits per heavy atom. The molecule has 0 bridgehead atoms. The smallest absolute Gasteiger partial charge is 0.189 e. The van der Waals surface area contributed by atoms with Gasteiger partial charge in [-0.05, 0) is 54.9 Å². The van der Waals surface area contributed by atoms with Gasteiger partial charge in [0.15, 0.2) is 5.96 Å². The molecular formula is C23H29FN4. The van der Waals surface area contributed by atoms with Gasteiger partial charge >= 0.3 is 0 Å². The fourth-order valence-corrected chi connectivity index (χ4v) is 4.23. The van der Waals surface area contributed by atoms with Crippen molar-refractivity contribution in [3.63, 3.8) is 0 Å². The lowest BCUT2D eigenvalue weighted by Gasteiger charge is -2.37. The van der Waals surface area contributed by atoms with E-state index in [1.807, 2.05) is 12.1 Å². The van der Waals surface area contributed by atoms with Gasteiger partial charge in [-0.2, -0.15) is 0 Å². The van der Waals surface area contributed by atoms with E-state index in [1.165, 1.54) is 23.3 Å². The first-order valence-electron chi connectivity index (χ1n) is 10.3. The van der Waals surface area contributed by atoms with Crippen LogP contribution in [0, 0.1) is 5.82 Å². The Morgan fingerprint density at radius 1 is 1.04 bits per heavy atom. The predicted octanol–water partition coefficient (Wildman–Crippen LogP) is 3.64. The van der Waals surface area contributed by atoms with Gasteiger partial charge in [0.05, 0.1) is 6.04 Å². The van der Waals surface area contributed by atoms with Crippen molar-refractivity contribution in [3.8, 4) is 0 Å². The van der Waals surface area contributed by atoms with Crippen molar-refractivity contribution >= 4 is 5.96 Å². The first kappa shape index (κ1) is 18.9. The molecular weight excluding hydrogens is 351 g/mol. The number of hydrogen-bond acceptors (Lipinski definition) is 2. The summed E-state index contributed by atoms with van der Waals surface area (Å²) in [6.45, 7) is 3.14. The third-order valence-electron chi connectivity index (χ3n) is 5.96. The minimum atomic E-state index is -0.177. The first-order chi connectivity index (χ1) is 13.7. The van der Waals surface area contributed by atoms with E-state index in [9.17, 15) is 4.39 Å². The Labute approximate surface area is 166 Å². The van der Waals surface area contributed by atoms with Crippen LogP contribution in [0.1, 0.15) is 42.7 Å². The maximum Gasteiger partial charge on any atom is 0.189 e. The standard InChI is InChI=1S/C23H29FN4/c24-20-8-6-18(7-9-20)19-14-22(15-19)27-23(25)26-21-10-12-28(13-11-21)16-17-4-2-1-3-5-17/h1-9,19,21-22H,10-16H2,(H3,25,26,27).